The summed E-state index contributed by atoms with van der Waals surface area (Å²) in [6, 6.07) is 18.0. The van der Waals surface area contributed by atoms with Gasteiger partial charge < -0.3 is 9.84 Å². The van der Waals surface area contributed by atoms with Crippen LogP contribution in [0.4, 0.5) is 5.69 Å². The van der Waals surface area contributed by atoms with Crippen LogP contribution in [0, 0.1) is 6.92 Å². The standard InChI is InChI=1S/C25H19Cl2NO4/c1-14-5-3-6-15(11-14)22-21(23(29)19-13-18(32-2)9-10-20(19)27)24(30)25(31)28(22)17-8-4-7-16(26)12-17/h3-13,22,29H,1-2H3/b23-21+. The molecule has 1 saturated heterocycles. The number of hydrogen-bond donors (Lipinski definition) is 1. The molecule has 1 heterocycles. The number of carbonyl (C=O) groups is 2. The summed E-state index contributed by atoms with van der Waals surface area (Å²) in [6.07, 6.45) is 0. The minimum Gasteiger partial charge on any atom is -0.507 e. The van der Waals surface area contributed by atoms with E-state index in [0.717, 1.165) is 5.56 Å². The Bertz CT molecular complexity index is 1270. The molecule has 1 aliphatic rings. The van der Waals surface area contributed by atoms with E-state index < -0.39 is 17.7 Å². The van der Waals surface area contributed by atoms with Crippen LogP contribution in [-0.4, -0.2) is 23.9 Å². The minimum atomic E-state index is -0.865. The van der Waals surface area contributed by atoms with E-state index in [2.05, 4.69) is 0 Å². The van der Waals surface area contributed by atoms with Crippen molar-refractivity contribution in [3.8, 4) is 5.75 Å². The van der Waals surface area contributed by atoms with E-state index in [0.29, 0.717) is 22.0 Å². The number of amides is 1. The quantitative estimate of drug-likeness (QED) is 0.293. The molecule has 3 aromatic carbocycles. The number of Topliss-reactive ketones (excluding diaryl/α,β-unsaturated/α-hetero) is 1. The van der Waals surface area contributed by atoms with Crippen LogP contribution in [0.3, 0.4) is 0 Å². The lowest BCUT2D eigenvalue weighted by atomic mass is 9.94. The molecule has 1 aliphatic heterocycles. The zero-order valence-corrected chi connectivity index (χ0v) is 18.8. The first-order valence-electron chi connectivity index (χ1n) is 9.79. The highest BCUT2D eigenvalue weighted by Gasteiger charge is 2.47. The smallest absolute Gasteiger partial charge is 0.300 e. The molecule has 0 bridgehead atoms. The summed E-state index contributed by atoms with van der Waals surface area (Å²) in [5.74, 6) is -1.50. The average Bonchev–Trinajstić information content (AvgIpc) is 3.04. The van der Waals surface area contributed by atoms with Crippen LogP contribution < -0.4 is 9.64 Å². The van der Waals surface area contributed by atoms with Gasteiger partial charge in [0.2, 0.25) is 0 Å². The number of aliphatic hydroxyl groups excluding tert-OH is 1. The van der Waals surface area contributed by atoms with E-state index in [1.165, 1.54) is 18.1 Å². The maximum atomic E-state index is 13.2. The lowest BCUT2D eigenvalue weighted by Crippen LogP contribution is -2.29. The maximum Gasteiger partial charge on any atom is 0.300 e. The summed E-state index contributed by atoms with van der Waals surface area (Å²) in [6.45, 7) is 1.91. The summed E-state index contributed by atoms with van der Waals surface area (Å²) in [5, 5.41) is 11.9. The molecule has 0 radical (unpaired) electrons. The van der Waals surface area contributed by atoms with Gasteiger partial charge in [0.1, 0.15) is 11.5 Å². The third-order valence-electron chi connectivity index (χ3n) is 5.32. The second-order valence-corrected chi connectivity index (χ2v) is 8.25. The van der Waals surface area contributed by atoms with Gasteiger partial charge in [-0.15, -0.1) is 0 Å². The van der Waals surface area contributed by atoms with Crippen molar-refractivity contribution in [3.63, 3.8) is 0 Å². The van der Waals surface area contributed by atoms with Crippen molar-refractivity contribution in [1.82, 2.24) is 0 Å². The van der Waals surface area contributed by atoms with E-state index in [9.17, 15) is 14.7 Å². The van der Waals surface area contributed by atoms with E-state index in [1.807, 2.05) is 31.2 Å². The van der Waals surface area contributed by atoms with Gasteiger partial charge in [0.25, 0.3) is 11.7 Å². The highest BCUT2D eigenvalue weighted by molar-refractivity contribution is 6.52. The Labute approximate surface area is 195 Å². The van der Waals surface area contributed by atoms with Crippen molar-refractivity contribution in [1.29, 1.82) is 0 Å². The third-order valence-corrected chi connectivity index (χ3v) is 5.88. The molecule has 0 saturated carbocycles. The Morgan fingerprint density at radius 1 is 1.00 bits per heavy atom. The van der Waals surface area contributed by atoms with Gasteiger partial charge in [-0.2, -0.15) is 0 Å². The van der Waals surface area contributed by atoms with E-state index in [-0.39, 0.29) is 21.9 Å². The molecular formula is C25H19Cl2NO4. The van der Waals surface area contributed by atoms with Gasteiger partial charge in [-0.1, -0.05) is 59.1 Å². The van der Waals surface area contributed by atoms with Crippen LogP contribution >= 0.6 is 23.2 Å². The van der Waals surface area contributed by atoms with Gasteiger partial charge >= 0.3 is 0 Å². The molecule has 0 aromatic heterocycles. The summed E-state index contributed by atoms with van der Waals surface area (Å²) < 4.78 is 5.23. The lowest BCUT2D eigenvalue weighted by Gasteiger charge is -2.26. The number of rotatable bonds is 4. The minimum absolute atomic E-state index is 0.0595. The molecule has 1 fully saturated rings. The molecule has 3 aromatic rings. The largest absolute Gasteiger partial charge is 0.507 e. The molecule has 1 amide bonds. The Hall–Kier alpha value is -3.28. The van der Waals surface area contributed by atoms with Crippen LogP contribution in [0.25, 0.3) is 5.76 Å². The normalized spacial score (nSPS) is 17.6. The number of carbonyl (C=O) groups excluding carboxylic acids is 2. The number of nitrogens with zero attached hydrogens (tertiary/aromatic N) is 1. The van der Waals surface area contributed by atoms with Crippen LogP contribution in [-0.2, 0) is 9.59 Å². The average molecular weight is 468 g/mol. The van der Waals surface area contributed by atoms with E-state index in [4.69, 9.17) is 27.9 Å². The topological polar surface area (TPSA) is 66.8 Å². The summed E-state index contributed by atoms with van der Waals surface area (Å²) in [4.78, 5) is 27.7. The van der Waals surface area contributed by atoms with Crippen LogP contribution in [0.1, 0.15) is 22.7 Å². The highest BCUT2D eigenvalue weighted by Crippen LogP contribution is 2.43. The predicted octanol–water partition coefficient (Wildman–Crippen LogP) is 5.94. The zero-order valence-electron chi connectivity index (χ0n) is 17.3. The number of halogens is 2. The van der Waals surface area contributed by atoms with Gasteiger partial charge in [-0.3, -0.25) is 14.5 Å². The van der Waals surface area contributed by atoms with Gasteiger partial charge in [0.05, 0.1) is 23.7 Å². The Morgan fingerprint density at radius 3 is 2.44 bits per heavy atom. The van der Waals surface area contributed by atoms with Crippen molar-refractivity contribution >= 4 is 46.3 Å². The molecule has 162 valence electrons. The highest BCUT2D eigenvalue weighted by atomic mass is 35.5. The van der Waals surface area contributed by atoms with E-state index >= 15 is 0 Å². The van der Waals surface area contributed by atoms with Crippen LogP contribution in [0.5, 0.6) is 5.75 Å². The summed E-state index contributed by atoms with van der Waals surface area (Å²) in [5.41, 5.74) is 2.20. The molecule has 5 nitrogen and oxygen atoms in total. The predicted molar refractivity (Wildman–Crippen MR) is 125 cm³/mol. The summed E-state index contributed by atoms with van der Waals surface area (Å²) in [7, 11) is 1.48. The van der Waals surface area contributed by atoms with Gasteiger partial charge in [-0.25, -0.2) is 0 Å². The first-order chi connectivity index (χ1) is 15.3. The second-order valence-electron chi connectivity index (χ2n) is 7.41. The van der Waals surface area contributed by atoms with Crippen molar-refractivity contribution in [2.45, 2.75) is 13.0 Å². The fourth-order valence-corrected chi connectivity index (χ4v) is 4.23. The number of methoxy groups -OCH3 is 1. The van der Waals surface area contributed by atoms with E-state index in [1.54, 1.807) is 36.4 Å². The number of aryl methyl sites for hydroxylation is 1. The number of aliphatic hydroxyl groups is 1. The van der Waals surface area contributed by atoms with Gasteiger partial charge in [0.15, 0.2) is 0 Å². The molecule has 32 heavy (non-hydrogen) atoms. The number of ketones is 1. The second kappa shape index (κ2) is 8.69. The molecule has 1 N–H and O–H groups in total. The third kappa shape index (κ3) is 3.85. The van der Waals surface area contributed by atoms with Gasteiger partial charge in [-0.05, 0) is 48.9 Å². The van der Waals surface area contributed by atoms with Crippen molar-refractivity contribution < 1.29 is 19.4 Å². The number of ether oxygens (including phenoxy) is 1. The Balaban J connectivity index is 1.99. The van der Waals surface area contributed by atoms with Crippen LogP contribution in [0.2, 0.25) is 10.0 Å². The maximum absolute atomic E-state index is 13.2. The van der Waals surface area contributed by atoms with Crippen LogP contribution in [0.15, 0.2) is 72.3 Å². The monoisotopic (exact) mass is 467 g/mol. The molecule has 1 atom stereocenters. The zero-order chi connectivity index (χ0) is 23.0. The SMILES string of the molecule is COc1ccc(Cl)c(/C(O)=C2\C(=O)C(=O)N(c3cccc(Cl)c3)C2c2cccc(C)c2)c1. The number of anilines is 1. The molecule has 0 spiro atoms. The molecule has 0 aliphatic carbocycles. The van der Waals surface area contributed by atoms with Crippen molar-refractivity contribution in [3.05, 3.63) is 99.0 Å². The van der Waals surface area contributed by atoms with Crippen molar-refractivity contribution in [2.24, 2.45) is 0 Å². The Kier molecular flexibility index (Phi) is 5.96. The van der Waals surface area contributed by atoms with Gasteiger partial charge in [0, 0.05) is 16.3 Å². The summed E-state index contributed by atoms with van der Waals surface area (Å²) >= 11 is 12.5. The fraction of sp³-hybridized carbons (Fsp3) is 0.120. The Morgan fingerprint density at radius 2 is 1.75 bits per heavy atom. The first kappa shape index (κ1) is 21.9. The van der Waals surface area contributed by atoms with Crippen molar-refractivity contribution in [2.75, 3.05) is 12.0 Å². The first-order valence-corrected chi connectivity index (χ1v) is 10.5. The molecule has 4 rings (SSSR count). The molecule has 7 heteroatoms. The lowest BCUT2D eigenvalue weighted by molar-refractivity contribution is -0.132. The number of benzene rings is 3. The number of hydrogen-bond acceptors (Lipinski definition) is 4. The molecule has 1 unspecified atom stereocenters. The fourth-order valence-electron chi connectivity index (χ4n) is 3.84. The molecular weight excluding hydrogens is 449 g/mol.